The highest BCUT2D eigenvalue weighted by Gasteiger charge is 2.39. The lowest BCUT2D eigenvalue weighted by Gasteiger charge is -2.39. The number of ether oxygens (including phenoxy) is 1. The van der Waals surface area contributed by atoms with Crippen LogP contribution in [-0.4, -0.2) is 32.2 Å². The molecule has 0 bridgehead atoms. The van der Waals surface area contributed by atoms with Gasteiger partial charge < -0.3 is 14.3 Å². The molecule has 0 amide bonds. The van der Waals surface area contributed by atoms with Crippen LogP contribution in [0.2, 0.25) is 18.1 Å². The Labute approximate surface area is 173 Å². The maximum absolute atomic E-state index is 9.22. The van der Waals surface area contributed by atoms with E-state index in [0.717, 1.165) is 19.3 Å². The Kier molecular flexibility index (Phi) is 11.0. The minimum Gasteiger partial charge on any atom is -0.412 e. The van der Waals surface area contributed by atoms with E-state index in [9.17, 15) is 5.11 Å². The molecule has 2 atom stereocenters. The first-order chi connectivity index (χ1) is 13.1. The molecule has 4 heteroatoms. The number of hydrogen-bond acceptors (Lipinski definition) is 3. The van der Waals surface area contributed by atoms with Crippen molar-refractivity contribution in [1.82, 2.24) is 0 Å². The molecule has 0 fully saturated rings. The second-order valence-electron chi connectivity index (χ2n) is 8.99. The summed E-state index contributed by atoms with van der Waals surface area (Å²) in [6.07, 6.45) is 10.6. The molecule has 0 aliphatic heterocycles. The normalized spacial score (nSPS) is 15.4. The molecule has 0 aliphatic rings. The Balaban J connectivity index is 2.54. The zero-order valence-electron chi connectivity index (χ0n) is 18.7. The molecule has 0 unspecified atom stereocenters. The van der Waals surface area contributed by atoms with E-state index in [1.165, 1.54) is 5.56 Å². The SMILES string of the molecule is C[C@H](O)/C=C/C=C/CCC[C@@H](COCc1ccccc1)O[Si](C)(C)C(C)(C)C. The van der Waals surface area contributed by atoms with Gasteiger partial charge in [0.25, 0.3) is 0 Å². The third-order valence-electron chi connectivity index (χ3n) is 5.22. The lowest BCUT2D eigenvalue weighted by Crippen LogP contribution is -2.45. The topological polar surface area (TPSA) is 38.7 Å². The second-order valence-corrected chi connectivity index (χ2v) is 13.7. The molecule has 158 valence electrons. The third kappa shape index (κ3) is 10.4. The van der Waals surface area contributed by atoms with Crippen LogP contribution >= 0.6 is 0 Å². The molecule has 28 heavy (non-hydrogen) atoms. The Morgan fingerprint density at radius 2 is 1.79 bits per heavy atom. The summed E-state index contributed by atoms with van der Waals surface area (Å²) in [5.74, 6) is 0. The van der Waals surface area contributed by atoms with Gasteiger partial charge in [0, 0.05) is 0 Å². The minimum atomic E-state index is -1.83. The molecule has 0 radical (unpaired) electrons. The molecule has 0 heterocycles. The van der Waals surface area contributed by atoms with Crippen molar-refractivity contribution in [3.05, 3.63) is 60.2 Å². The molecule has 0 aliphatic carbocycles. The molecular weight excluding hydrogens is 364 g/mol. The van der Waals surface area contributed by atoms with Crippen molar-refractivity contribution in [2.45, 2.75) is 83.9 Å². The van der Waals surface area contributed by atoms with Crippen LogP contribution in [0, 0.1) is 0 Å². The van der Waals surface area contributed by atoms with Crippen molar-refractivity contribution in [2.75, 3.05) is 6.61 Å². The van der Waals surface area contributed by atoms with Gasteiger partial charge in [0.1, 0.15) is 0 Å². The summed E-state index contributed by atoms with van der Waals surface area (Å²) >= 11 is 0. The summed E-state index contributed by atoms with van der Waals surface area (Å²) in [6.45, 7) is 14.4. The first-order valence-corrected chi connectivity index (χ1v) is 13.3. The van der Waals surface area contributed by atoms with Gasteiger partial charge in [-0.05, 0) is 49.9 Å². The van der Waals surface area contributed by atoms with Crippen LogP contribution in [0.15, 0.2) is 54.6 Å². The lowest BCUT2D eigenvalue weighted by molar-refractivity contribution is 0.0298. The molecule has 1 aromatic carbocycles. The van der Waals surface area contributed by atoms with Crippen LogP contribution in [-0.2, 0) is 15.8 Å². The molecule has 1 rings (SSSR count). The summed E-state index contributed by atoms with van der Waals surface area (Å²) in [7, 11) is -1.83. The lowest BCUT2D eigenvalue weighted by atomic mass is 10.1. The van der Waals surface area contributed by atoms with E-state index in [4.69, 9.17) is 9.16 Å². The highest BCUT2D eigenvalue weighted by molar-refractivity contribution is 6.74. The first-order valence-electron chi connectivity index (χ1n) is 10.4. The summed E-state index contributed by atoms with van der Waals surface area (Å²) in [5, 5.41) is 9.41. The number of unbranched alkanes of at least 4 members (excludes halogenated alkanes) is 1. The fraction of sp³-hybridized carbons (Fsp3) is 0.583. The molecule has 3 nitrogen and oxygen atoms in total. The molecule has 1 N–H and O–H groups in total. The molecule has 1 aromatic rings. The van der Waals surface area contributed by atoms with Crippen molar-refractivity contribution < 1.29 is 14.3 Å². The number of benzene rings is 1. The van der Waals surface area contributed by atoms with E-state index in [1.807, 2.05) is 30.4 Å². The van der Waals surface area contributed by atoms with Gasteiger partial charge in [0.05, 0.1) is 25.4 Å². The highest BCUT2D eigenvalue weighted by atomic mass is 28.4. The molecule has 0 spiro atoms. The number of aliphatic hydroxyl groups is 1. The average molecular weight is 405 g/mol. The number of allylic oxidation sites excluding steroid dienone is 3. The first kappa shape index (κ1) is 24.8. The quantitative estimate of drug-likeness (QED) is 0.254. The largest absolute Gasteiger partial charge is 0.412 e. The minimum absolute atomic E-state index is 0.131. The number of aliphatic hydroxyl groups excluding tert-OH is 1. The van der Waals surface area contributed by atoms with Crippen molar-refractivity contribution in [1.29, 1.82) is 0 Å². The van der Waals surface area contributed by atoms with E-state index in [2.05, 4.69) is 52.1 Å². The summed E-state index contributed by atoms with van der Waals surface area (Å²) < 4.78 is 12.6. The summed E-state index contributed by atoms with van der Waals surface area (Å²) in [5.41, 5.74) is 1.20. The predicted molar refractivity (Wildman–Crippen MR) is 122 cm³/mol. The maximum atomic E-state index is 9.22. The fourth-order valence-corrected chi connectivity index (χ4v) is 3.89. The van der Waals surface area contributed by atoms with Gasteiger partial charge in [-0.25, -0.2) is 0 Å². The number of rotatable bonds is 12. The van der Waals surface area contributed by atoms with Crippen LogP contribution in [0.25, 0.3) is 0 Å². The third-order valence-corrected chi connectivity index (χ3v) is 9.75. The maximum Gasteiger partial charge on any atom is 0.192 e. The average Bonchev–Trinajstić information content (AvgIpc) is 2.60. The predicted octanol–water partition coefficient (Wildman–Crippen LogP) is 6.26. The highest BCUT2D eigenvalue weighted by Crippen LogP contribution is 2.37. The molecule has 0 aromatic heterocycles. The van der Waals surface area contributed by atoms with Crippen LogP contribution in [0.5, 0.6) is 0 Å². The number of hydrogen-bond donors (Lipinski definition) is 1. The van der Waals surface area contributed by atoms with Gasteiger partial charge in [-0.15, -0.1) is 0 Å². The monoisotopic (exact) mass is 404 g/mol. The van der Waals surface area contributed by atoms with E-state index in [-0.39, 0.29) is 11.1 Å². The summed E-state index contributed by atoms with van der Waals surface area (Å²) in [6, 6.07) is 10.3. The smallest absolute Gasteiger partial charge is 0.192 e. The van der Waals surface area contributed by atoms with Crippen molar-refractivity contribution in [3.8, 4) is 0 Å². The Hall–Kier alpha value is -1.20. The standard InChI is InChI=1S/C24H40O3Si/c1-21(25)15-11-8-7-9-14-18-23(27-28(5,6)24(2,3)4)20-26-19-22-16-12-10-13-17-22/h7-8,10-13,15-17,21,23,25H,9,14,18-20H2,1-6H3/b8-7+,15-11+/t21-,23-/m0/s1. The van der Waals surface area contributed by atoms with Crippen molar-refractivity contribution in [3.63, 3.8) is 0 Å². The fourth-order valence-electron chi connectivity index (χ4n) is 2.52. The van der Waals surface area contributed by atoms with Gasteiger partial charge in [-0.2, -0.15) is 0 Å². The Morgan fingerprint density at radius 3 is 2.39 bits per heavy atom. The van der Waals surface area contributed by atoms with Crippen LogP contribution in [0.4, 0.5) is 0 Å². The van der Waals surface area contributed by atoms with Gasteiger partial charge >= 0.3 is 0 Å². The van der Waals surface area contributed by atoms with E-state index >= 15 is 0 Å². The van der Waals surface area contributed by atoms with Crippen LogP contribution in [0.1, 0.15) is 52.5 Å². The van der Waals surface area contributed by atoms with E-state index in [0.29, 0.717) is 13.2 Å². The zero-order chi connectivity index (χ0) is 21.0. The van der Waals surface area contributed by atoms with Gasteiger partial charge in [0.2, 0.25) is 0 Å². The summed E-state index contributed by atoms with van der Waals surface area (Å²) in [4.78, 5) is 0. The van der Waals surface area contributed by atoms with Gasteiger partial charge in [0.15, 0.2) is 8.32 Å². The zero-order valence-corrected chi connectivity index (χ0v) is 19.7. The molecule has 0 saturated carbocycles. The Bertz CT molecular complexity index is 586. The Morgan fingerprint density at radius 1 is 1.11 bits per heavy atom. The van der Waals surface area contributed by atoms with E-state index in [1.54, 1.807) is 13.0 Å². The van der Waals surface area contributed by atoms with Gasteiger partial charge in [-0.3, -0.25) is 0 Å². The second kappa shape index (κ2) is 12.4. The van der Waals surface area contributed by atoms with E-state index < -0.39 is 14.4 Å². The van der Waals surface area contributed by atoms with Crippen molar-refractivity contribution in [2.24, 2.45) is 0 Å². The van der Waals surface area contributed by atoms with Crippen LogP contribution in [0.3, 0.4) is 0 Å². The van der Waals surface area contributed by atoms with Crippen LogP contribution < -0.4 is 0 Å². The molecular formula is C24H40O3Si. The van der Waals surface area contributed by atoms with Gasteiger partial charge in [-0.1, -0.05) is 75.4 Å². The molecule has 0 saturated heterocycles. The van der Waals surface area contributed by atoms with Crippen molar-refractivity contribution >= 4 is 8.32 Å².